The summed E-state index contributed by atoms with van der Waals surface area (Å²) >= 11 is 1.67. The number of amides is 2. The van der Waals surface area contributed by atoms with Crippen LogP contribution in [0, 0.1) is 0 Å². The lowest BCUT2D eigenvalue weighted by Crippen LogP contribution is -2.52. The number of thiazole rings is 1. The van der Waals surface area contributed by atoms with E-state index in [0.717, 1.165) is 45.3 Å². The predicted octanol–water partition coefficient (Wildman–Crippen LogP) is 5.32. The number of ether oxygens (including phenoxy) is 1. The summed E-state index contributed by atoms with van der Waals surface area (Å²) in [5, 5.41) is 4.25. The van der Waals surface area contributed by atoms with Gasteiger partial charge in [-0.2, -0.15) is 0 Å². The summed E-state index contributed by atoms with van der Waals surface area (Å²) in [5.74, 6) is 0.873. The Labute approximate surface area is 203 Å². The van der Waals surface area contributed by atoms with Crippen molar-refractivity contribution in [2.75, 3.05) is 37.7 Å². The number of nitrogens with zero attached hydrogens (tertiary/aromatic N) is 3. The van der Waals surface area contributed by atoms with Crippen molar-refractivity contribution >= 4 is 32.7 Å². The van der Waals surface area contributed by atoms with Gasteiger partial charge >= 0.3 is 6.03 Å². The van der Waals surface area contributed by atoms with Crippen molar-refractivity contribution in [3.63, 3.8) is 0 Å². The van der Waals surface area contributed by atoms with Crippen molar-refractivity contribution in [1.82, 2.24) is 15.2 Å². The SMILES string of the molecule is CCOc1ccc2nc(N3CCN(C(=O)NC(c4ccccc4)c4ccccc4)CC3)sc2c1. The quantitative estimate of drug-likeness (QED) is 0.413. The number of benzene rings is 3. The molecule has 2 amide bonds. The van der Waals surface area contributed by atoms with Gasteiger partial charge in [0.2, 0.25) is 0 Å². The Bertz CT molecular complexity index is 1200. The lowest BCUT2D eigenvalue weighted by molar-refractivity contribution is 0.192. The van der Waals surface area contributed by atoms with Crippen LogP contribution in [-0.2, 0) is 0 Å². The maximum absolute atomic E-state index is 13.2. The topological polar surface area (TPSA) is 57.7 Å². The van der Waals surface area contributed by atoms with Crippen LogP contribution < -0.4 is 15.0 Å². The van der Waals surface area contributed by atoms with E-state index in [1.54, 1.807) is 11.3 Å². The van der Waals surface area contributed by atoms with Gasteiger partial charge in [0, 0.05) is 26.2 Å². The van der Waals surface area contributed by atoms with E-state index < -0.39 is 0 Å². The van der Waals surface area contributed by atoms with E-state index in [9.17, 15) is 4.79 Å². The number of fused-ring (bicyclic) bond motifs is 1. The van der Waals surface area contributed by atoms with Crippen molar-refractivity contribution in [3.8, 4) is 5.75 Å². The van der Waals surface area contributed by atoms with Gasteiger partial charge in [-0.15, -0.1) is 0 Å². The smallest absolute Gasteiger partial charge is 0.318 e. The molecule has 0 aliphatic carbocycles. The van der Waals surface area contributed by atoms with Crippen LogP contribution >= 0.6 is 11.3 Å². The minimum absolute atomic E-state index is 0.0389. The molecule has 1 saturated heterocycles. The number of aromatic nitrogens is 1. The maximum atomic E-state index is 13.2. The average molecular weight is 473 g/mol. The van der Waals surface area contributed by atoms with Crippen molar-refractivity contribution in [3.05, 3.63) is 90.0 Å². The summed E-state index contributed by atoms with van der Waals surface area (Å²) < 4.78 is 6.74. The number of carbonyl (C=O) groups excluding carboxylic acids is 1. The summed E-state index contributed by atoms with van der Waals surface area (Å²) in [6, 6.07) is 26.0. The monoisotopic (exact) mass is 472 g/mol. The van der Waals surface area contributed by atoms with Gasteiger partial charge in [0.15, 0.2) is 5.13 Å². The molecule has 34 heavy (non-hydrogen) atoms. The van der Waals surface area contributed by atoms with Gasteiger partial charge in [-0.3, -0.25) is 0 Å². The molecule has 1 fully saturated rings. The van der Waals surface area contributed by atoms with Crippen LogP contribution in [0.25, 0.3) is 10.2 Å². The van der Waals surface area contributed by atoms with Gasteiger partial charge in [-0.1, -0.05) is 72.0 Å². The zero-order chi connectivity index (χ0) is 23.3. The van der Waals surface area contributed by atoms with Crippen LogP contribution in [0.5, 0.6) is 5.75 Å². The molecule has 0 radical (unpaired) electrons. The molecule has 1 aliphatic heterocycles. The fourth-order valence-corrected chi connectivity index (χ4v) is 5.30. The molecule has 1 aliphatic rings. The zero-order valence-corrected chi connectivity index (χ0v) is 20.0. The van der Waals surface area contributed by atoms with E-state index in [4.69, 9.17) is 9.72 Å². The van der Waals surface area contributed by atoms with Crippen LogP contribution in [0.1, 0.15) is 24.1 Å². The molecule has 5 rings (SSSR count). The Morgan fingerprint density at radius 3 is 2.24 bits per heavy atom. The highest BCUT2D eigenvalue weighted by Gasteiger charge is 2.25. The average Bonchev–Trinajstić information content (AvgIpc) is 3.32. The summed E-state index contributed by atoms with van der Waals surface area (Å²) in [6.45, 7) is 5.46. The molecular formula is C27H28N4O2S. The first-order valence-electron chi connectivity index (χ1n) is 11.6. The second-order valence-electron chi connectivity index (χ2n) is 8.24. The minimum atomic E-state index is -0.184. The molecule has 0 atom stereocenters. The van der Waals surface area contributed by atoms with E-state index >= 15 is 0 Å². The van der Waals surface area contributed by atoms with Crippen LogP contribution in [-0.4, -0.2) is 48.7 Å². The van der Waals surface area contributed by atoms with E-state index in [0.29, 0.717) is 19.7 Å². The summed E-state index contributed by atoms with van der Waals surface area (Å²) in [7, 11) is 0. The zero-order valence-electron chi connectivity index (χ0n) is 19.2. The van der Waals surface area contributed by atoms with Crippen molar-refractivity contribution < 1.29 is 9.53 Å². The van der Waals surface area contributed by atoms with Gasteiger partial charge < -0.3 is 19.9 Å². The largest absolute Gasteiger partial charge is 0.494 e. The number of urea groups is 1. The fraction of sp³-hybridized carbons (Fsp3) is 0.259. The fourth-order valence-electron chi connectivity index (χ4n) is 4.25. The van der Waals surface area contributed by atoms with E-state index in [2.05, 4.69) is 40.5 Å². The summed E-state index contributed by atoms with van der Waals surface area (Å²) in [4.78, 5) is 22.2. The molecule has 174 valence electrons. The van der Waals surface area contributed by atoms with Gasteiger partial charge in [-0.05, 0) is 36.2 Å². The Morgan fingerprint density at radius 2 is 1.62 bits per heavy atom. The number of nitrogens with one attached hydrogen (secondary N) is 1. The highest BCUT2D eigenvalue weighted by atomic mass is 32.1. The molecule has 6 nitrogen and oxygen atoms in total. The van der Waals surface area contributed by atoms with Gasteiger partial charge in [0.05, 0.1) is 22.9 Å². The Balaban J connectivity index is 1.25. The lowest BCUT2D eigenvalue weighted by Gasteiger charge is -2.35. The van der Waals surface area contributed by atoms with E-state index in [-0.39, 0.29) is 12.1 Å². The lowest BCUT2D eigenvalue weighted by atomic mass is 9.99. The second kappa shape index (κ2) is 10.1. The molecule has 3 aromatic carbocycles. The third-order valence-electron chi connectivity index (χ3n) is 6.03. The normalized spacial score (nSPS) is 13.9. The third-order valence-corrected chi connectivity index (χ3v) is 7.11. The number of hydrogen-bond donors (Lipinski definition) is 1. The molecule has 1 N–H and O–H groups in total. The third kappa shape index (κ3) is 4.84. The molecule has 2 heterocycles. The number of rotatable bonds is 6. The Morgan fingerprint density at radius 1 is 0.971 bits per heavy atom. The van der Waals surface area contributed by atoms with Gasteiger partial charge in [0.25, 0.3) is 0 Å². The standard InChI is InChI=1S/C27H28N4O2S/c1-2-33-22-13-14-23-24(19-22)34-27(28-23)31-17-15-30(16-18-31)26(32)29-25(20-9-5-3-6-10-20)21-11-7-4-8-12-21/h3-14,19,25H,2,15-18H2,1H3,(H,29,32). The van der Waals surface area contributed by atoms with E-state index in [1.165, 1.54) is 0 Å². The van der Waals surface area contributed by atoms with E-state index in [1.807, 2.05) is 60.4 Å². The summed E-state index contributed by atoms with van der Waals surface area (Å²) in [6.07, 6.45) is 0. The first kappa shape index (κ1) is 22.2. The Hall–Kier alpha value is -3.58. The molecule has 7 heteroatoms. The molecule has 4 aromatic rings. The van der Waals surface area contributed by atoms with Gasteiger partial charge in [-0.25, -0.2) is 9.78 Å². The highest BCUT2D eigenvalue weighted by molar-refractivity contribution is 7.22. The maximum Gasteiger partial charge on any atom is 0.318 e. The number of carbonyl (C=O) groups is 1. The highest BCUT2D eigenvalue weighted by Crippen LogP contribution is 2.32. The number of anilines is 1. The molecule has 0 spiro atoms. The number of hydrogen-bond acceptors (Lipinski definition) is 5. The molecule has 1 aromatic heterocycles. The number of piperazine rings is 1. The van der Waals surface area contributed by atoms with Gasteiger partial charge in [0.1, 0.15) is 5.75 Å². The minimum Gasteiger partial charge on any atom is -0.494 e. The van der Waals surface area contributed by atoms with Crippen molar-refractivity contribution in [1.29, 1.82) is 0 Å². The molecule has 0 bridgehead atoms. The Kier molecular flexibility index (Phi) is 6.62. The van der Waals surface area contributed by atoms with Crippen LogP contribution in [0.15, 0.2) is 78.9 Å². The predicted molar refractivity (Wildman–Crippen MR) is 138 cm³/mol. The van der Waals surface area contributed by atoms with Crippen LogP contribution in [0.4, 0.5) is 9.93 Å². The van der Waals surface area contributed by atoms with Crippen LogP contribution in [0.2, 0.25) is 0 Å². The van der Waals surface area contributed by atoms with Crippen molar-refractivity contribution in [2.24, 2.45) is 0 Å². The molecule has 0 saturated carbocycles. The molecular weight excluding hydrogens is 444 g/mol. The first-order chi connectivity index (χ1) is 16.7. The summed E-state index contributed by atoms with van der Waals surface area (Å²) in [5.41, 5.74) is 3.13. The molecule has 0 unspecified atom stereocenters. The first-order valence-corrected chi connectivity index (χ1v) is 12.5. The van der Waals surface area contributed by atoms with Crippen LogP contribution in [0.3, 0.4) is 0 Å². The van der Waals surface area contributed by atoms with Crippen molar-refractivity contribution in [2.45, 2.75) is 13.0 Å². The second-order valence-corrected chi connectivity index (χ2v) is 9.25.